The monoisotopic (exact) mass is 291 g/mol. The Hall–Kier alpha value is -1.07. The van der Waals surface area contributed by atoms with Crippen LogP contribution in [-0.2, 0) is 13.6 Å². The van der Waals surface area contributed by atoms with Crippen molar-refractivity contribution in [1.82, 2.24) is 20.0 Å². The number of hydrogen-bond donors (Lipinski definition) is 1. The van der Waals surface area contributed by atoms with Crippen LogP contribution in [0.5, 0.6) is 0 Å². The molecular weight excluding hydrogens is 262 g/mol. The molecule has 0 aromatic carbocycles. The molecule has 2 aliphatic heterocycles. The first kappa shape index (κ1) is 14.9. The van der Waals surface area contributed by atoms with Crippen LogP contribution in [0, 0.1) is 6.92 Å². The highest BCUT2D eigenvalue weighted by Gasteiger charge is 2.36. The van der Waals surface area contributed by atoms with E-state index in [-0.39, 0.29) is 0 Å². The molecule has 0 amide bonds. The lowest BCUT2D eigenvalue weighted by atomic mass is 10.1. The topological polar surface area (TPSA) is 36.3 Å². The molecule has 0 saturated carbocycles. The maximum Gasteiger partial charge on any atom is 0.131 e. The molecule has 2 fully saturated rings. The lowest BCUT2D eigenvalue weighted by Crippen LogP contribution is -2.37. The average Bonchev–Trinajstić information content (AvgIpc) is 2.85. The molecule has 1 aromatic rings. The Kier molecular flexibility index (Phi) is 4.22. The summed E-state index contributed by atoms with van der Waals surface area (Å²) in [6, 6.07) is 1.49. The van der Waals surface area contributed by atoms with Gasteiger partial charge in [-0.25, -0.2) is 0 Å². The van der Waals surface area contributed by atoms with Crippen molar-refractivity contribution in [2.45, 2.75) is 51.7 Å². The Bertz CT molecular complexity index is 495. The van der Waals surface area contributed by atoms with Gasteiger partial charge < -0.3 is 10.2 Å². The Balaban J connectivity index is 1.86. The second kappa shape index (κ2) is 5.97. The Labute approximate surface area is 128 Å². The molecule has 1 N–H and O–H groups in total. The van der Waals surface area contributed by atoms with Crippen molar-refractivity contribution in [2.24, 2.45) is 7.05 Å². The van der Waals surface area contributed by atoms with Crippen molar-refractivity contribution in [2.75, 3.05) is 31.6 Å². The summed E-state index contributed by atoms with van der Waals surface area (Å²) in [4.78, 5) is 5.18. The third-order valence-corrected chi connectivity index (χ3v) is 5.31. The Morgan fingerprint density at radius 1 is 1.19 bits per heavy atom. The molecule has 21 heavy (non-hydrogen) atoms. The molecule has 2 aliphatic rings. The van der Waals surface area contributed by atoms with Crippen molar-refractivity contribution in [3.63, 3.8) is 0 Å². The molecule has 3 rings (SSSR count). The number of nitrogens with one attached hydrogen (secondary N) is 1. The summed E-state index contributed by atoms with van der Waals surface area (Å²) < 4.78 is 2.08. The second-order valence-electron chi connectivity index (χ2n) is 6.58. The summed E-state index contributed by atoms with van der Waals surface area (Å²) in [6.07, 6.45) is 4.00. The maximum atomic E-state index is 4.67. The molecule has 2 unspecified atom stereocenters. The van der Waals surface area contributed by atoms with Gasteiger partial charge in [0, 0.05) is 44.3 Å². The van der Waals surface area contributed by atoms with E-state index < -0.39 is 0 Å². The highest BCUT2D eigenvalue weighted by molar-refractivity contribution is 5.50. The van der Waals surface area contributed by atoms with Crippen molar-refractivity contribution in [3.8, 4) is 0 Å². The Morgan fingerprint density at radius 2 is 1.95 bits per heavy atom. The summed E-state index contributed by atoms with van der Waals surface area (Å²) in [7, 11) is 4.39. The number of fused-ring (bicyclic) bond motifs is 2. The van der Waals surface area contributed by atoms with E-state index in [0.717, 1.165) is 37.9 Å². The molecule has 2 bridgehead atoms. The normalized spacial score (nSPS) is 26.4. The van der Waals surface area contributed by atoms with E-state index in [0.29, 0.717) is 6.04 Å². The summed E-state index contributed by atoms with van der Waals surface area (Å²) in [6.45, 7) is 8.51. The summed E-state index contributed by atoms with van der Waals surface area (Å²) in [5.74, 6) is 1.33. The SMILES string of the molecule is CCNCc1c(C)nn(C)c1N1CCC2CCC(C1)N2C. The van der Waals surface area contributed by atoms with Gasteiger partial charge in [-0.05, 0) is 39.8 Å². The van der Waals surface area contributed by atoms with E-state index in [9.17, 15) is 0 Å². The maximum absolute atomic E-state index is 4.67. The van der Waals surface area contributed by atoms with E-state index in [4.69, 9.17) is 0 Å². The second-order valence-corrected chi connectivity index (χ2v) is 6.58. The van der Waals surface area contributed by atoms with Gasteiger partial charge in [-0.2, -0.15) is 5.10 Å². The minimum atomic E-state index is 0.708. The molecule has 0 spiro atoms. The van der Waals surface area contributed by atoms with Gasteiger partial charge in [-0.1, -0.05) is 6.92 Å². The fourth-order valence-electron chi connectivity index (χ4n) is 4.04. The standard InChI is InChI=1S/C16H29N5/c1-5-17-10-15-12(2)18-20(4)16(15)21-9-8-13-6-7-14(11-21)19(13)3/h13-14,17H,5-11H2,1-4H3. The first-order valence-electron chi connectivity index (χ1n) is 8.31. The van der Waals surface area contributed by atoms with Gasteiger partial charge in [0.1, 0.15) is 5.82 Å². The number of nitrogens with zero attached hydrogens (tertiary/aromatic N) is 4. The highest BCUT2D eigenvalue weighted by atomic mass is 15.4. The summed E-state index contributed by atoms with van der Waals surface area (Å²) in [5.41, 5.74) is 2.54. The predicted molar refractivity (Wildman–Crippen MR) is 86.7 cm³/mol. The van der Waals surface area contributed by atoms with Crippen molar-refractivity contribution < 1.29 is 0 Å². The molecule has 2 atom stereocenters. The number of aromatic nitrogens is 2. The largest absolute Gasteiger partial charge is 0.355 e. The van der Waals surface area contributed by atoms with Gasteiger partial charge in [0.2, 0.25) is 0 Å². The number of rotatable bonds is 4. The highest BCUT2D eigenvalue weighted by Crippen LogP contribution is 2.32. The van der Waals surface area contributed by atoms with E-state index in [1.54, 1.807) is 0 Å². The van der Waals surface area contributed by atoms with Gasteiger partial charge >= 0.3 is 0 Å². The molecule has 0 aliphatic carbocycles. The first-order chi connectivity index (χ1) is 10.1. The fraction of sp³-hybridized carbons (Fsp3) is 0.812. The van der Waals surface area contributed by atoms with Crippen LogP contribution in [0.4, 0.5) is 5.82 Å². The molecule has 3 heterocycles. The van der Waals surface area contributed by atoms with Crippen LogP contribution < -0.4 is 10.2 Å². The van der Waals surface area contributed by atoms with Gasteiger partial charge in [0.15, 0.2) is 0 Å². The third kappa shape index (κ3) is 2.69. The fourth-order valence-corrected chi connectivity index (χ4v) is 4.04. The van der Waals surface area contributed by atoms with E-state index in [1.165, 1.54) is 30.6 Å². The molecule has 118 valence electrons. The Morgan fingerprint density at radius 3 is 2.71 bits per heavy atom. The van der Waals surface area contributed by atoms with Crippen molar-refractivity contribution in [3.05, 3.63) is 11.3 Å². The number of aryl methyl sites for hydroxylation is 2. The zero-order chi connectivity index (χ0) is 15.0. The zero-order valence-corrected chi connectivity index (χ0v) is 13.9. The van der Waals surface area contributed by atoms with Crippen LogP contribution >= 0.6 is 0 Å². The van der Waals surface area contributed by atoms with Gasteiger partial charge in [0.25, 0.3) is 0 Å². The van der Waals surface area contributed by atoms with Crippen molar-refractivity contribution in [1.29, 1.82) is 0 Å². The molecule has 1 aromatic heterocycles. The molecule has 5 heteroatoms. The molecule has 5 nitrogen and oxygen atoms in total. The van der Waals surface area contributed by atoms with Crippen LogP contribution in [0.1, 0.15) is 37.4 Å². The van der Waals surface area contributed by atoms with Gasteiger partial charge in [-0.3, -0.25) is 9.58 Å². The van der Waals surface area contributed by atoms with Crippen LogP contribution in [0.15, 0.2) is 0 Å². The zero-order valence-electron chi connectivity index (χ0n) is 13.9. The summed E-state index contributed by atoms with van der Waals surface area (Å²) in [5, 5.41) is 8.14. The van der Waals surface area contributed by atoms with Crippen LogP contribution in [0.25, 0.3) is 0 Å². The first-order valence-corrected chi connectivity index (χ1v) is 8.31. The molecule has 2 saturated heterocycles. The third-order valence-electron chi connectivity index (χ3n) is 5.31. The van der Waals surface area contributed by atoms with Crippen LogP contribution in [0.3, 0.4) is 0 Å². The predicted octanol–water partition coefficient (Wildman–Crippen LogP) is 1.51. The van der Waals surface area contributed by atoms with Gasteiger partial charge in [-0.15, -0.1) is 0 Å². The van der Waals surface area contributed by atoms with E-state index >= 15 is 0 Å². The smallest absolute Gasteiger partial charge is 0.131 e. The minimum absolute atomic E-state index is 0.708. The summed E-state index contributed by atoms with van der Waals surface area (Å²) >= 11 is 0. The lowest BCUT2D eigenvalue weighted by Gasteiger charge is -2.28. The lowest BCUT2D eigenvalue weighted by molar-refractivity contribution is 0.254. The quantitative estimate of drug-likeness (QED) is 0.912. The van der Waals surface area contributed by atoms with Gasteiger partial charge in [0.05, 0.1) is 5.69 Å². The average molecular weight is 291 g/mol. The van der Waals surface area contributed by atoms with E-state index in [1.807, 2.05) is 0 Å². The minimum Gasteiger partial charge on any atom is -0.355 e. The van der Waals surface area contributed by atoms with Crippen LogP contribution in [-0.4, -0.2) is 53.4 Å². The number of hydrogen-bond acceptors (Lipinski definition) is 4. The van der Waals surface area contributed by atoms with E-state index in [2.05, 4.69) is 52.8 Å². The molecule has 0 radical (unpaired) electrons. The number of likely N-dealkylation sites (N-methyl/N-ethyl adjacent to an activating group) is 1. The van der Waals surface area contributed by atoms with Crippen LogP contribution in [0.2, 0.25) is 0 Å². The number of anilines is 1. The van der Waals surface area contributed by atoms with Crippen molar-refractivity contribution >= 4 is 5.82 Å². The molecular formula is C16H29N5.